The number of carbonyl (C=O) groups excluding carboxylic acids is 2. The highest BCUT2D eigenvalue weighted by Gasteiger charge is 2.07. The minimum atomic E-state index is -1.42. The van der Waals surface area contributed by atoms with Crippen LogP contribution >= 0.6 is 0 Å². The first kappa shape index (κ1) is 13.7. The largest absolute Gasteiger partial charge is 0.543 e. The van der Waals surface area contributed by atoms with Crippen LogP contribution in [0.25, 0.3) is 0 Å². The van der Waals surface area contributed by atoms with Gasteiger partial charge in [0, 0.05) is 5.56 Å². The maximum absolute atomic E-state index is 11.8. The summed E-state index contributed by atoms with van der Waals surface area (Å²) in [7, 11) is 0. The van der Waals surface area contributed by atoms with Gasteiger partial charge in [-0.2, -0.15) is 0 Å². The molecule has 0 fully saturated rings. The van der Waals surface area contributed by atoms with Crippen molar-refractivity contribution in [3.8, 4) is 0 Å². The van der Waals surface area contributed by atoms with Gasteiger partial charge < -0.3 is 15.2 Å². The lowest BCUT2D eigenvalue weighted by atomic mass is 10.1. The number of nitrogens with one attached hydrogen (secondary N) is 1. The molecule has 0 aliphatic rings. The van der Waals surface area contributed by atoms with Gasteiger partial charge in [0.2, 0.25) is 0 Å². The number of aliphatic carboxylic acids is 1. The van der Waals surface area contributed by atoms with Crippen LogP contribution in [0.3, 0.4) is 0 Å². The molecular weight excluding hydrogens is 230 g/mol. The van der Waals surface area contributed by atoms with Crippen LogP contribution in [0.15, 0.2) is 48.2 Å². The Morgan fingerprint density at radius 2 is 2.06 bits per heavy atom. The molecule has 1 aromatic carbocycles. The fraction of sp³-hybridized carbons (Fsp3) is 0.143. The highest BCUT2D eigenvalue weighted by atomic mass is 16.4. The molecule has 0 heterocycles. The van der Waals surface area contributed by atoms with Crippen molar-refractivity contribution < 1.29 is 14.7 Å². The number of rotatable bonds is 4. The number of allylic oxidation sites excluding steroid dienone is 3. The van der Waals surface area contributed by atoms with Crippen molar-refractivity contribution in [3.05, 3.63) is 59.3 Å². The molecule has 0 atom stereocenters. The highest BCUT2D eigenvalue weighted by molar-refractivity contribution is 6.00. The Hall–Kier alpha value is -2.36. The smallest absolute Gasteiger partial charge is 0.255 e. The third kappa shape index (κ3) is 3.90. The molecule has 0 saturated heterocycles. The van der Waals surface area contributed by atoms with Gasteiger partial charge in [0.25, 0.3) is 5.91 Å². The monoisotopic (exact) mass is 244 g/mol. The minimum Gasteiger partial charge on any atom is -0.543 e. The van der Waals surface area contributed by atoms with Gasteiger partial charge >= 0.3 is 0 Å². The van der Waals surface area contributed by atoms with E-state index in [9.17, 15) is 14.7 Å². The molecule has 0 bridgehead atoms. The van der Waals surface area contributed by atoms with Crippen molar-refractivity contribution in [2.24, 2.45) is 0 Å². The Labute approximate surface area is 106 Å². The van der Waals surface area contributed by atoms with E-state index in [0.717, 1.165) is 5.56 Å². The van der Waals surface area contributed by atoms with Crippen LogP contribution in [-0.2, 0) is 4.79 Å². The molecule has 1 aromatic rings. The molecule has 0 radical (unpaired) electrons. The van der Waals surface area contributed by atoms with Crippen LogP contribution in [0.2, 0.25) is 0 Å². The van der Waals surface area contributed by atoms with Crippen molar-refractivity contribution in [2.75, 3.05) is 0 Å². The van der Waals surface area contributed by atoms with Gasteiger partial charge in [0.15, 0.2) is 0 Å². The molecular formula is C14H14NO3-. The second kappa shape index (κ2) is 6.39. The van der Waals surface area contributed by atoms with Crippen molar-refractivity contribution in [1.29, 1.82) is 0 Å². The third-order valence-electron chi connectivity index (χ3n) is 2.20. The summed E-state index contributed by atoms with van der Waals surface area (Å²) < 4.78 is 0. The van der Waals surface area contributed by atoms with Crippen LogP contribution in [0, 0.1) is 6.92 Å². The Balaban J connectivity index is 2.89. The van der Waals surface area contributed by atoms with Gasteiger partial charge in [0.05, 0.1) is 11.7 Å². The maximum Gasteiger partial charge on any atom is 0.255 e. The lowest BCUT2D eigenvalue weighted by Gasteiger charge is -2.10. The van der Waals surface area contributed by atoms with Crippen LogP contribution in [0.1, 0.15) is 22.8 Å². The zero-order valence-electron chi connectivity index (χ0n) is 10.3. The minimum absolute atomic E-state index is 0.264. The molecule has 0 spiro atoms. The Kier molecular flexibility index (Phi) is 4.87. The third-order valence-corrected chi connectivity index (χ3v) is 2.20. The highest BCUT2D eigenvalue weighted by Crippen LogP contribution is 2.04. The standard InChI is InChI=1S/C14H15NO3/c1-3-4-8-12(14(17)18)15-13(16)11-7-5-6-10(2)9-11/h3-9H,1-2H3,(H,15,16)(H,17,18)/p-1/b4-3+,12-8-. The summed E-state index contributed by atoms with van der Waals surface area (Å²) >= 11 is 0. The van der Waals surface area contributed by atoms with Crippen molar-refractivity contribution in [1.82, 2.24) is 5.32 Å². The van der Waals surface area contributed by atoms with E-state index in [1.807, 2.05) is 13.0 Å². The first-order chi connectivity index (χ1) is 8.54. The quantitative estimate of drug-likeness (QED) is 0.633. The number of aryl methyl sites for hydroxylation is 1. The Morgan fingerprint density at radius 3 is 2.61 bits per heavy atom. The second-order valence-electron chi connectivity index (χ2n) is 3.72. The molecule has 0 aromatic heterocycles. The van der Waals surface area contributed by atoms with E-state index in [-0.39, 0.29) is 5.70 Å². The number of hydrogen-bond donors (Lipinski definition) is 1. The molecule has 18 heavy (non-hydrogen) atoms. The van der Waals surface area contributed by atoms with Gasteiger partial charge in [-0.05, 0) is 32.1 Å². The van der Waals surface area contributed by atoms with Crippen LogP contribution in [0.5, 0.6) is 0 Å². The molecule has 0 aliphatic heterocycles. The molecule has 1 rings (SSSR count). The summed E-state index contributed by atoms with van der Waals surface area (Å²) in [6.45, 7) is 3.60. The fourth-order valence-electron chi connectivity index (χ4n) is 1.33. The number of carbonyl (C=O) groups is 2. The van der Waals surface area contributed by atoms with E-state index in [2.05, 4.69) is 5.32 Å². The average molecular weight is 244 g/mol. The summed E-state index contributed by atoms with van der Waals surface area (Å²) in [5.74, 6) is -1.90. The number of benzene rings is 1. The van der Waals surface area contributed by atoms with Crippen LogP contribution in [0.4, 0.5) is 0 Å². The summed E-state index contributed by atoms with van der Waals surface area (Å²) in [6.07, 6.45) is 4.45. The predicted molar refractivity (Wildman–Crippen MR) is 66.5 cm³/mol. The molecule has 94 valence electrons. The molecule has 4 nitrogen and oxygen atoms in total. The lowest BCUT2D eigenvalue weighted by Crippen LogP contribution is -2.35. The van der Waals surface area contributed by atoms with Crippen LogP contribution in [-0.4, -0.2) is 11.9 Å². The Morgan fingerprint density at radius 1 is 1.33 bits per heavy atom. The van der Waals surface area contributed by atoms with Gasteiger partial charge in [-0.1, -0.05) is 29.8 Å². The molecule has 0 saturated carbocycles. The molecule has 0 aliphatic carbocycles. The van der Waals surface area contributed by atoms with Gasteiger partial charge in [-0.15, -0.1) is 0 Å². The first-order valence-electron chi connectivity index (χ1n) is 5.47. The second-order valence-corrected chi connectivity index (χ2v) is 3.72. The van der Waals surface area contributed by atoms with Crippen molar-refractivity contribution in [2.45, 2.75) is 13.8 Å². The number of carboxylic acids is 1. The van der Waals surface area contributed by atoms with Gasteiger partial charge in [-0.25, -0.2) is 0 Å². The summed E-state index contributed by atoms with van der Waals surface area (Å²) in [6, 6.07) is 6.88. The van der Waals surface area contributed by atoms with E-state index in [0.29, 0.717) is 5.56 Å². The topological polar surface area (TPSA) is 69.2 Å². The van der Waals surface area contributed by atoms with Gasteiger partial charge in [0.1, 0.15) is 0 Å². The van der Waals surface area contributed by atoms with Crippen LogP contribution < -0.4 is 10.4 Å². The summed E-state index contributed by atoms with van der Waals surface area (Å²) in [4.78, 5) is 22.6. The molecule has 1 N–H and O–H groups in total. The normalized spacial score (nSPS) is 11.6. The lowest BCUT2D eigenvalue weighted by molar-refractivity contribution is -0.299. The summed E-state index contributed by atoms with van der Waals surface area (Å²) in [5, 5.41) is 13.1. The SMILES string of the molecule is C/C=C/C=C(\NC(=O)c1cccc(C)c1)C(=O)[O-]. The van der Waals surface area contributed by atoms with E-state index in [4.69, 9.17) is 0 Å². The summed E-state index contributed by atoms with van der Waals surface area (Å²) in [5.41, 5.74) is 1.07. The zero-order chi connectivity index (χ0) is 13.5. The van der Waals surface area contributed by atoms with E-state index in [1.54, 1.807) is 31.2 Å². The molecule has 4 heteroatoms. The number of amides is 1. The zero-order valence-corrected chi connectivity index (χ0v) is 10.3. The Bertz CT molecular complexity index is 516. The maximum atomic E-state index is 11.8. The average Bonchev–Trinajstić information content (AvgIpc) is 2.33. The molecule has 1 amide bonds. The number of hydrogen-bond acceptors (Lipinski definition) is 3. The van der Waals surface area contributed by atoms with E-state index < -0.39 is 11.9 Å². The fourth-order valence-corrected chi connectivity index (χ4v) is 1.33. The van der Waals surface area contributed by atoms with Gasteiger partial charge in [-0.3, -0.25) is 4.79 Å². The van der Waals surface area contributed by atoms with E-state index >= 15 is 0 Å². The first-order valence-corrected chi connectivity index (χ1v) is 5.47. The van der Waals surface area contributed by atoms with Crippen molar-refractivity contribution in [3.63, 3.8) is 0 Å². The van der Waals surface area contributed by atoms with Crippen molar-refractivity contribution >= 4 is 11.9 Å². The predicted octanol–water partition coefficient (Wildman–Crippen LogP) is 0.935. The number of carboxylic acid groups (broad SMARTS) is 1. The molecule has 0 unspecified atom stereocenters. The van der Waals surface area contributed by atoms with E-state index in [1.165, 1.54) is 12.2 Å².